The number of allylic oxidation sites excluding steroid dienone is 1. The van der Waals surface area contributed by atoms with E-state index >= 15 is 0 Å². The molecule has 3 fully saturated rings. The topological polar surface area (TPSA) is 36.9 Å². The smallest absolute Gasteiger partial charge is 0.403 e. The first-order valence-corrected chi connectivity index (χ1v) is 12.8. The van der Waals surface area contributed by atoms with E-state index in [1.54, 1.807) is 0 Å². The van der Waals surface area contributed by atoms with Gasteiger partial charge in [0.25, 0.3) is 0 Å². The average Bonchev–Trinajstić information content (AvgIpc) is 3.32. The molecule has 31 heavy (non-hydrogen) atoms. The highest BCUT2D eigenvalue weighted by Crippen LogP contribution is 2.54. The Bertz CT molecular complexity index is 578. The van der Waals surface area contributed by atoms with E-state index < -0.39 is 0 Å². The lowest BCUT2D eigenvalue weighted by molar-refractivity contribution is 0.00578. The molecule has 2 saturated heterocycles. The van der Waals surface area contributed by atoms with Gasteiger partial charge in [0.15, 0.2) is 0 Å². The first-order valence-electron chi connectivity index (χ1n) is 11.8. The molecule has 0 spiro atoms. The third-order valence-corrected chi connectivity index (χ3v) is 7.91. The minimum atomic E-state index is -0.242. The molecule has 2 aliphatic heterocycles. The summed E-state index contributed by atoms with van der Waals surface area (Å²) in [6.45, 7) is 16.7. The minimum Gasteiger partial charge on any atom is -0.403 e. The fraction of sp³-hybridized carbons (Fsp3) is 0.913. The second kappa shape index (κ2) is 10.7. The summed E-state index contributed by atoms with van der Waals surface area (Å²) in [6, 6.07) is 0. The zero-order valence-electron chi connectivity index (χ0n) is 20.8. The van der Waals surface area contributed by atoms with Gasteiger partial charge in [-0.25, -0.2) is 0 Å². The molecule has 0 radical (unpaired) electrons. The van der Waals surface area contributed by atoms with E-state index in [4.69, 9.17) is 41.8 Å². The Morgan fingerprint density at radius 1 is 0.774 bits per heavy atom. The molecule has 1 saturated carbocycles. The van der Waals surface area contributed by atoms with Crippen LogP contribution in [-0.2, 0) is 18.6 Å². The predicted octanol–water partition coefficient (Wildman–Crippen LogP) is 6.68. The molecule has 2 atom stereocenters. The summed E-state index contributed by atoms with van der Waals surface area (Å²) in [5.41, 5.74) is -0.850. The van der Waals surface area contributed by atoms with Crippen molar-refractivity contribution >= 4 is 37.4 Å². The Morgan fingerprint density at radius 3 is 1.74 bits per heavy atom. The number of hydrogen-bond acceptors (Lipinski definition) is 4. The molecule has 2 heterocycles. The van der Waals surface area contributed by atoms with Gasteiger partial charge in [0.2, 0.25) is 0 Å². The van der Waals surface area contributed by atoms with Crippen LogP contribution in [0.2, 0.25) is 5.82 Å². The highest BCUT2D eigenvalue weighted by atomic mass is 35.5. The Morgan fingerprint density at radius 2 is 1.26 bits per heavy atom. The maximum atomic E-state index is 6.04. The highest BCUT2D eigenvalue weighted by Gasteiger charge is 2.59. The Balaban J connectivity index is 0.000000221. The van der Waals surface area contributed by atoms with Crippen molar-refractivity contribution in [2.24, 2.45) is 5.92 Å². The van der Waals surface area contributed by atoms with Crippen LogP contribution >= 0.6 is 23.2 Å². The van der Waals surface area contributed by atoms with E-state index in [1.807, 2.05) is 5.98 Å². The first-order chi connectivity index (χ1) is 14.3. The second-order valence-corrected chi connectivity index (χ2v) is 11.8. The molecule has 1 aliphatic carbocycles. The molecule has 0 aromatic carbocycles. The molecule has 0 N–H and O–H groups in total. The summed E-state index contributed by atoms with van der Waals surface area (Å²) in [7, 11) is -0.212. The molecule has 0 bridgehead atoms. The van der Waals surface area contributed by atoms with Crippen LogP contribution in [0.5, 0.6) is 0 Å². The monoisotopic (exact) mass is 474 g/mol. The largest absolute Gasteiger partial charge is 0.486 e. The number of unbranched alkanes of at least 4 members (excludes halogenated alkanes) is 1. The molecular formula is C23H42B2Cl2O4. The van der Waals surface area contributed by atoms with Crippen LogP contribution in [0.1, 0.15) is 87.5 Å². The number of hydrogen-bond donors (Lipinski definition) is 0. The van der Waals surface area contributed by atoms with Crippen LogP contribution in [-0.4, -0.2) is 48.4 Å². The molecule has 2 unspecified atom stereocenters. The quantitative estimate of drug-likeness (QED) is 0.223. The Hall–Kier alpha value is 0.290. The van der Waals surface area contributed by atoms with Gasteiger partial charge in [-0.2, -0.15) is 0 Å². The van der Waals surface area contributed by atoms with Crippen molar-refractivity contribution in [2.75, 3.05) is 11.8 Å². The SMILES string of the molecule is CC1(C)OB(/C=C/CCCCl)OC1(C)C.CC1(C)OB(C2CC2CCCCl)OC1(C)C. The van der Waals surface area contributed by atoms with Crippen LogP contribution in [0, 0.1) is 5.92 Å². The predicted molar refractivity (Wildman–Crippen MR) is 133 cm³/mol. The number of rotatable bonds is 8. The van der Waals surface area contributed by atoms with Gasteiger partial charge in [-0.05, 0) is 99.2 Å². The minimum absolute atomic E-state index is 0.00493. The summed E-state index contributed by atoms with van der Waals surface area (Å²) in [5.74, 6) is 4.82. The first kappa shape index (κ1) is 27.5. The molecule has 178 valence electrons. The second-order valence-electron chi connectivity index (χ2n) is 11.0. The van der Waals surface area contributed by atoms with E-state index in [2.05, 4.69) is 61.5 Å². The molecule has 3 aliphatic rings. The van der Waals surface area contributed by atoms with E-state index in [0.29, 0.717) is 11.7 Å². The molecule has 3 rings (SSSR count). The highest BCUT2D eigenvalue weighted by molar-refractivity contribution is 6.51. The zero-order valence-corrected chi connectivity index (χ0v) is 22.3. The van der Waals surface area contributed by atoms with Crippen molar-refractivity contribution < 1.29 is 18.6 Å². The standard InChI is InChI=1S/C12H22BClO2.C11H20BClO2/c1-11(2)12(3,4)16-13(15-11)10-8-9(10)6-5-7-14;1-10(2)11(3,4)15-12(14-10)8-6-5-7-9-13/h9-10H,5-8H2,1-4H3;6,8H,5,7,9H2,1-4H3/b;8-6+. The summed E-state index contributed by atoms with van der Waals surface area (Å²) < 4.78 is 23.7. The molecule has 8 heteroatoms. The molecular weight excluding hydrogens is 433 g/mol. The zero-order chi connectivity index (χ0) is 23.5. The van der Waals surface area contributed by atoms with Gasteiger partial charge in [-0.15, -0.1) is 23.2 Å². The van der Waals surface area contributed by atoms with Gasteiger partial charge < -0.3 is 18.6 Å². The maximum absolute atomic E-state index is 6.04. The third kappa shape index (κ3) is 7.13. The van der Waals surface area contributed by atoms with E-state index in [1.165, 1.54) is 12.8 Å². The summed E-state index contributed by atoms with van der Waals surface area (Å²) >= 11 is 11.3. The summed E-state index contributed by atoms with van der Waals surface area (Å²) in [6.07, 6.45) is 7.63. The average molecular weight is 475 g/mol. The van der Waals surface area contributed by atoms with Gasteiger partial charge in [0.1, 0.15) is 0 Å². The van der Waals surface area contributed by atoms with Crippen LogP contribution in [0.3, 0.4) is 0 Å². The Labute approximate surface area is 201 Å². The van der Waals surface area contributed by atoms with Gasteiger partial charge in [0.05, 0.1) is 22.4 Å². The fourth-order valence-electron chi connectivity index (χ4n) is 3.71. The van der Waals surface area contributed by atoms with Crippen LogP contribution in [0.25, 0.3) is 0 Å². The van der Waals surface area contributed by atoms with Gasteiger partial charge in [-0.1, -0.05) is 12.1 Å². The van der Waals surface area contributed by atoms with E-state index in [-0.39, 0.29) is 36.6 Å². The molecule has 0 aromatic heterocycles. The van der Waals surface area contributed by atoms with Crippen molar-refractivity contribution in [3.63, 3.8) is 0 Å². The van der Waals surface area contributed by atoms with Crippen LogP contribution < -0.4 is 0 Å². The fourth-order valence-corrected chi connectivity index (χ4v) is 4.02. The lowest BCUT2D eigenvalue weighted by atomic mass is 9.80. The molecule has 0 aromatic rings. The van der Waals surface area contributed by atoms with E-state index in [0.717, 1.165) is 31.1 Å². The normalized spacial score (nSPS) is 29.9. The molecule has 0 amide bonds. The van der Waals surface area contributed by atoms with Crippen molar-refractivity contribution in [1.82, 2.24) is 0 Å². The number of alkyl halides is 2. The van der Waals surface area contributed by atoms with Gasteiger partial charge in [0, 0.05) is 11.8 Å². The molecule has 4 nitrogen and oxygen atoms in total. The van der Waals surface area contributed by atoms with Gasteiger partial charge in [-0.3, -0.25) is 0 Å². The number of halogens is 2. The maximum Gasteiger partial charge on any atom is 0.486 e. The van der Waals surface area contributed by atoms with Crippen molar-refractivity contribution in [2.45, 2.75) is 116 Å². The van der Waals surface area contributed by atoms with Crippen LogP contribution in [0.15, 0.2) is 12.1 Å². The summed E-state index contributed by atoms with van der Waals surface area (Å²) in [4.78, 5) is 0. The third-order valence-electron chi connectivity index (χ3n) is 7.38. The van der Waals surface area contributed by atoms with E-state index in [9.17, 15) is 0 Å². The van der Waals surface area contributed by atoms with Crippen molar-refractivity contribution in [1.29, 1.82) is 0 Å². The van der Waals surface area contributed by atoms with Crippen molar-refractivity contribution in [3.05, 3.63) is 12.1 Å². The lowest BCUT2D eigenvalue weighted by Gasteiger charge is -2.32. The Kier molecular flexibility index (Phi) is 9.50. The van der Waals surface area contributed by atoms with Crippen LogP contribution in [0.4, 0.5) is 0 Å². The van der Waals surface area contributed by atoms with Gasteiger partial charge >= 0.3 is 14.2 Å². The van der Waals surface area contributed by atoms with Crippen molar-refractivity contribution in [3.8, 4) is 0 Å². The lowest BCUT2D eigenvalue weighted by Crippen LogP contribution is -2.41. The summed E-state index contributed by atoms with van der Waals surface area (Å²) in [5, 5.41) is 0.